The van der Waals surface area contributed by atoms with Crippen molar-refractivity contribution in [1.29, 1.82) is 0 Å². The summed E-state index contributed by atoms with van der Waals surface area (Å²) in [5.74, 6) is 0.224. The maximum Gasteiger partial charge on any atom is 0.135 e. The van der Waals surface area contributed by atoms with Crippen LogP contribution in [0.4, 0.5) is 0 Å². The van der Waals surface area contributed by atoms with Gasteiger partial charge in [0.15, 0.2) is 0 Å². The van der Waals surface area contributed by atoms with Crippen LogP contribution in [-0.4, -0.2) is 17.5 Å². The molecule has 0 aliphatic rings. The van der Waals surface area contributed by atoms with Gasteiger partial charge >= 0.3 is 0 Å². The summed E-state index contributed by atoms with van der Waals surface area (Å²) in [5.41, 5.74) is 1.16. The van der Waals surface area contributed by atoms with Crippen LogP contribution in [0.25, 0.3) is 0 Å². The summed E-state index contributed by atoms with van der Waals surface area (Å²) < 4.78 is 0. The minimum Gasteiger partial charge on any atom is -0.392 e. The van der Waals surface area contributed by atoms with Crippen LogP contribution < -0.4 is 0 Å². The lowest BCUT2D eigenvalue weighted by molar-refractivity contribution is -0.124. The van der Waals surface area contributed by atoms with E-state index in [0.717, 1.165) is 12.8 Å². The molecule has 0 saturated heterocycles. The van der Waals surface area contributed by atoms with E-state index < -0.39 is 0 Å². The van der Waals surface area contributed by atoms with E-state index in [0.29, 0.717) is 0 Å². The maximum atomic E-state index is 10.8. The number of allylic oxidation sites excluding steroid dienone is 3. The van der Waals surface area contributed by atoms with Crippen molar-refractivity contribution in [3.8, 4) is 0 Å². The minimum absolute atomic E-state index is 0.131. The first-order valence-corrected chi connectivity index (χ1v) is 7.06. The van der Waals surface area contributed by atoms with Gasteiger partial charge in [0.2, 0.25) is 0 Å². The molecule has 0 unspecified atom stereocenters. The van der Waals surface area contributed by atoms with Gasteiger partial charge in [-0.1, -0.05) is 51.5 Å². The molecule has 1 N–H and O–H groups in total. The van der Waals surface area contributed by atoms with Crippen molar-refractivity contribution >= 4 is 5.78 Å². The molecule has 0 fully saturated rings. The largest absolute Gasteiger partial charge is 0.392 e. The second-order valence-corrected chi connectivity index (χ2v) is 6.38. The quantitative estimate of drug-likeness (QED) is 0.686. The molecule has 0 spiro atoms. The Morgan fingerprint density at radius 2 is 1.40 bits per heavy atom. The Morgan fingerprint density at radius 3 is 1.65 bits per heavy atom. The Labute approximate surface area is 125 Å². The Morgan fingerprint density at radius 1 is 1.00 bits per heavy atom. The summed E-state index contributed by atoms with van der Waals surface area (Å²) in [7, 11) is 0. The van der Waals surface area contributed by atoms with E-state index in [4.69, 9.17) is 5.11 Å². The second-order valence-electron chi connectivity index (χ2n) is 6.38. The van der Waals surface area contributed by atoms with Gasteiger partial charge in [-0.05, 0) is 32.1 Å². The third-order valence-electron chi connectivity index (χ3n) is 3.73. The van der Waals surface area contributed by atoms with Crippen LogP contribution >= 0.6 is 0 Å². The Kier molecular flexibility index (Phi) is 10.3. The molecule has 0 bridgehead atoms. The fourth-order valence-corrected chi connectivity index (χ4v) is 1.44. The van der Waals surface area contributed by atoms with Crippen LogP contribution in [0.2, 0.25) is 0 Å². The molecule has 0 rings (SSSR count). The van der Waals surface area contributed by atoms with Crippen molar-refractivity contribution in [3.05, 3.63) is 37.0 Å². The average Bonchev–Trinajstić information content (AvgIpc) is 2.29. The number of aliphatic hydroxyl groups is 1. The van der Waals surface area contributed by atoms with Gasteiger partial charge in [-0.2, -0.15) is 0 Å². The lowest BCUT2D eigenvalue weighted by Crippen LogP contribution is -2.19. The lowest BCUT2D eigenvalue weighted by Gasteiger charge is -2.23. The highest BCUT2D eigenvalue weighted by molar-refractivity contribution is 5.81. The first-order valence-electron chi connectivity index (χ1n) is 7.06. The van der Waals surface area contributed by atoms with E-state index in [-0.39, 0.29) is 23.2 Å². The number of hydrogen-bond donors (Lipinski definition) is 1. The van der Waals surface area contributed by atoms with Crippen LogP contribution in [0, 0.1) is 10.8 Å². The number of carbonyl (C=O) groups is 1. The third kappa shape index (κ3) is 8.87. The van der Waals surface area contributed by atoms with Crippen molar-refractivity contribution in [2.24, 2.45) is 10.8 Å². The molecule has 0 aliphatic carbocycles. The van der Waals surface area contributed by atoms with E-state index in [1.165, 1.54) is 5.57 Å². The molecule has 20 heavy (non-hydrogen) atoms. The summed E-state index contributed by atoms with van der Waals surface area (Å²) in [4.78, 5) is 10.8. The van der Waals surface area contributed by atoms with Crippen LogP contribution in [-0.2, 0) is 4.79 Å². The van der Waals surface area contributed by atoms with Gasteiger partial charge in [-0.3, -0.25) is 4.79 Å². The molecule has 0 aromatic heterocycles. The molecule has 116 valence electrons. The summed E-state index contributed by atoms with van der Waals surface area (Å²) in [6.45, 7) is 19.2. The van der Waals surface area contributed by atoms with Gasteiger partial charge in [-0.25, -0.2) is 0 Å². The summed E-state index contributed by atoms with van der Waals surface area (Å²) in [6.07, 6.45) is 7.26. The summed E-state index contributed by atoms with van der Waals surface area (Å²) >= 11 is 0. The van der Waals surface area contributed by atoms with E-state index in [1.807, 2.05) is 32.9 Å². The van der Waals surface area contributed by atoms with E-state index in [9.17, 15) is 4.79 Å². The van der Waals surface area contributed by atoms with E-state index in [2.05, 4.69) is 27.0 Å². The zero-order chi connectivity index (χ0) is 16.4. The standard InChI is InChI=1S/C10H18O.C8H14O/c1-5-7-10(3,4)9(2)6-8-11;1-5-6-8(3,4)7(2)9/h5-6,11H,1,7-8H2,2-4H3;5H,1,6H2,2-4H3. The topological polar surface area (TPSA) is 37.3 Å². The van der Waals surface area contributed by atoms with Crippen molar-refractivity contribution < 1.29 is 9.90 Å². The van der Waals surface area contributed by atoms with Crippen LogP contribution in [0.5, 0.6) is 0 Å². The second kappa shape index (κ2) is 9.71. The van der Waals surface area contributed by atoms with Crippen LogP contribution in [0.15, 0.2) is 37.0 Å². The lowest BCUT2D eigenvalue weighted by atomic mass is 9.82. The Balaban J connectivity index is 0. The van der Waals surface area contributed by atoms with Crippen molar-refractivity contribution in [2.45, 2.75) is 54.4 Å². The number of carbonyl (C=O) groups excluding carboxylic acids is 1. The zero-order valence-electron chi connectivity index (χ0n) is 14.1. The molecule has 0 atom stereocenters. The number of Topliss-reactive ketones (excluding diaryl/α,β-unsaturated/α-hetero) is 1. The molecule has 0 radical (unpaired) electrons. The zero-order valence-corrected chi connectivity index (χ0v) is 14.1. The molecule has 0 aliphatic heterocycles. The molecular formula is C18H32O2. The molecule has 0 aromatic rings. The van der Waals surface area contributed by atoms with Gasteiger partial charge < -0.3 is 5.11 Å². The SMILES string of the molecule is C=CCC(C)(C)C(C)=CCO.C=CCC(C)(C)C(C)=O. The van der Waals surface area contributed by atoms with Crippen molar-refractivity contribution in [1.82, 2.24) is 0 Å². The molecular weight excluding hydrogens is 248 g/mol. The highest BCUT2D eigenvalue weighted by atomic mass is 16.2. The number of rotatable bonds is 7. The number of ketones is 1. The fraction of sp³-hybridized carbons (Fsp3) is 0.611. The maximum absolute atomic E-state index is 10.8. The molecule has 2 heteroatoms. The van der Waals surface area contributed by atoms with Gasteiger partial charge in [-0.15, -0.1) is 13.2 Å². The molecule has 0 aromatic carbocycles. The van der Waals surface area contributed by atoms with Gasteiger partial charge in [0, 0.05) is 5.41 Å². The average molecular weight is 280 g/mol. The fourth-order valence-electron chi connectivity index (χ4n) is 1.44. The van der Waals surface area contributed by atoms with Gasteiger partial charge in [0.1, 0.15) is 5.78 Å². The predicted molar refractivity (Wildman–Crippen MR) is 88.7 cm³/mol. The monoisotopic (exact) mass is 280 g/mol. The first-order chi connectivity index (χ1) is 9.05. The van der Waals surface area contributed by atoms with Crippen LogP contribution in [0.1, 0.15) is 54.4 Å². The van der Waals surface area contributed by atoms with Gasteiger partial charge in [0.05, 0.1) is 6.61 Å². The minimum atomic E-state index is -0.207. The molecule has 2 nitrogen and oxygen atoms in total. The summed E-state index contributed by atoms with van der Waals surface area (Å²) in [5, 5.41) is 8.67. The van der Waals surface area contributed by atoms with Crippen molar-refractivity contribution in [3.63, 3.8) is 0 Å². The van der Waals surface area contributed by atoms with Crippen molar-refractivity contribution in [2.75, 3.05) is 6.61 Å². The Hall–Kier alpha value is -1.15. The first kappa shape index (κ1) is 21.2. The Bertz CT molecular complexity index is 346. The number of hydrogen-bond acceptors (Lipinski definition) is 2. The predicted octanol–water partition coefficient (Wildman–Crippen LogP) is 4.71. The molecule has 0 heterocycles. The normalized spacial score (nSPS) is 12.2. The smallest absolute Gasteiger partial charge is 0.135 e. The highest BCUT2D eigenvalue weighted by Crippen LogP contribution is 2.29. The van der Waals surface area contributed by atoms with E-state index in [1.54, 1.807) is 13.0 Å². The summed E-state index contributed by atoms with van der Waals surface area (Å²) in [6, 6.07) is 0. The molecule has 0 saturated carbocycles. The van der Waals surface area contributed by atoms with Gasteiger partial charge in [0.25, 0.3) is 0 Å². The van der Waals surface area contributed by atoms with E-state index >= 15 is 0 Å². The number of aliphatic hydroxyl groups excluding tert-OH is 1. The molecule has 0 amide bonds. The van der Waals surface area contributed by atoms with Crippen LogP contribution in [0.3, 0.4) is 0 Å². The third-order valence-corrected chi connectivity index (χ3v) is 3.73. The highest BCUT2D eigenvalue weighted by Gasteiger charge is 2.20.